The average Bonchev–Trinajstić information content (AvgIpc) is 3.32. The van der Waals surface area contributed by atoms with E-state index in [2.05, 4.69) is 44.0 Å². The molecule has 1 N–H and O–H groups in total. The highest BCUT2D eigenvalue weighted by Gasteiger charge is 2.32. The monoisotopic (exact) mass is 413 g/mol. The number of ether oxygens (including phenoxy) is 3. The molecule has 4 rings (SSSR count). The minimum absolute atomic E-state index is 0.0145. The van der Waals surface area contributed by atoms with E-state index in [-0.39, 0.29) is 12.2 Å². The Kier molecular flexibility index (Phi) is 6.34. The van der Waals surface area contributed by atoms with Gasteiger partial charge in [0.1, 0.15) is 5.82 Å². The molecule has 6 nitrogen and oxygen atoms in total. The third kappa shape index (κ3) is 4.21. The Balaban J connectivity index is 1.63. The molecule has 2 aliphatic heterocycles. The highest BCUT2D eigenvalue weighted by molar-refractivity contribution is 5.90. The lowest BCUT2D eigenvalue weighted by atomic mass is 9.98. The Morgan fingerprint density at radius 1 is 1.13 bits per heavy atom. The van der Waals surface area contributed by atoms with Gasteiger partial charge in [-0.3, -0.25) is 0 Å². The summed E-state index contributed by atoms with van der Waals surface area (Å²) in [5, 5.41) is 4.59. The maximum absolute atomic E-state index is 6.14. The average molecular weight is 414 g/mol. The maximum Gasteiger partial charge on any atom is 0.163 e. The fourth-order valence-electron chi connectivity index (χ4n) is 4.73. The van der Waals surface area contributed by atoms with E-state index in [1.807, 2.05) is 6.07 Å². The van der Waals surface area contributed by atoms with E-state index >= 15 is 0 Å². The van der Waals surface area contributed by atoms with Gasteiger partial charge in [-0.05, 0) is 71.7 Å². The Bertz CT molecular complexity index is 893. The van der Waals surface area contributed by atoms with E-state index < -0.39 is 0 Å². The lowest BCUT2D eigenvalue weighted by Gasteiger charge is -2.19. The number of anilines is 1. The molecule has 0 saturated carbocycles. The minimum Gasteiger partial charge on any atom is -0.493 e. The van der Waals surface area contributed by atoms with Gasteiger partial charge >= 0.3 is 0 Å². The van der Waals surface area contributed by atoms with Gasteiger partial charge in [-0.15, -0.1) is 0 Å². The molecule has 1 saturated heterocycles. The van der Waals surface area contributed by atoms with Crippen molar-refractivity contribution in [2.45, 2.75) is 65.2 Å². The lowest BCUT2D eigenvalue weighted by molar-refractivity contribution is 0.0338. The van der Waals surface area contributed by atoms with E-state index in [9.17, 15) is 0 Å². The van der Waals surface area contributed by atoms with Crippen molar-refractivity contribution in [1.29, 1.82) is 0 Å². The van der Waals surface area contributed by atoms with Gasteiger partial charge in [0.25, 0.3) is 0 Å². The van der Waals surface area contributed by atoms with Crippen molar-refractivity contribution in [3.8, 4) is 11.5 Å². The molecule has 30 heavy (non-hydrogen) atoms. The zero-order chi connectivity index (χ0) is 21.3. The van der Waals surface area contributed by atoms with Crippen molar-refractivity contribution in [2.24, 2.45) is 0 Å². The number of benzene rings is 1. The van der Waals surface area contributed by atoms with Gasteiger partial charge in [-0.2, -0.15) is 0 Å². The summed E-state index contributed by atoms with van der Waals surface area (Å²) >= 11 is 0. The van der Waals surface area contributed by atoms with Crippen molar-refractivity contribution < 1.29 is 14.2 Å². The van der Waals surface area contributed by atoms with Crippen LogP contribution in [0.15, 0.2) is 12.1 Å². The molecule has 0 spiro atoms. The molecule has 1 aromatic carbocycles. The maximum atomic E-state index is 6.14. The van der Waals surface area contributed by atoms with E-state index in [1.54, 1.807) is 7.11 Å². The molecule has 0 bridgehead atoms. The van der Waals surface area contributed by atoms with Crippen LogP contribution in [0, 0.1) is 0 Å². The van der Waals surface area contributed by atoms with Gasteiger partial charge in [0.15, 0.2) is 11.5 Å². The number of pyridine rings is 1. The summed E-state index contributed by atoms with van der Waals surface area (Å²) in [4.78, 5) is 7.48. The third-order valence-electron chi connectivity index (χ3n) is 6.07. The summed E-state index contributed by atoms with van der Waals surface area (Å²) in [6.07, 6.45) is 3.69. The molecular formula is C24H35N3O3. The molecule has 2 aromatic rings. The molecule has 2 atom stereocenters. The normalized spacial score (nSPS) is 21.4. The van der Waals surface area contributed by atoms with E-state index in [0.29, 0.717) is 12.6 Å². The van der Waals surface area contributed by atoms with Crippen molar-refractivity contribution in [3.05, 3.63) is 23.3 Å². The summed E-state index contributed by atoms with van der Waals surface area (Å²) in [7, 11) is 1.70. The number of nitrogens with one attached hydrogen (secondary N) is 1. The first-order valence-corrected chi connectivity index (χ1v) is 11.3. The number of rotatable bonds is 8. The summed E-state index contributed by atoms with van der Waals surface area (Å²) in [5.74, 6) is 2.42. The second-order valence-corrected chi connectivity index (χ2v) is 8.78. The van der Waals surface area contributed by atoms with Crippen LogP contribution in [0.1, 0.15) is 70.3 Å². The van der Waals surface area contributed by atoms with Gasteiger partial charge in [0.2, 0.25) is 0 Å². The molecule has 0 unspecified atom stereocenters. The van der Waals surface area contributed by atoms with Crippen molar-refractivity contribution >= 4 is 16.7 Å². The molecule has 3 heterocycles. The molecule has 6 heteroatoms. The highest BCUT2D eigenvalue weighted by Crippen LogP contribution is 2.47. The van der Waals surface area contributed by atoms with Gasteiger partial charge in [-0.25, -0.2) is 4.98 Å². The van der Waals surface area contributed by atoms with Crippen LogP contribution in [0.5, 0.6) is 11.5 Å². The fraction of sp³-hybridized carbons (Fsp3) is 0.625. The predicted octanol–water partition coefficient (Wildman–Crippen LogP) is 5.08. The van der Waals surface area contributed by atoms with Crippen molar-refractivity contribution in [3.63, 3.8) is 0 Å². The van der Waals surface area contributed by atoms with Crippen LogP contribution in [0.4, 0.5) is 5.82 Å². The molecule has 0 radical (unpaired) electrons. The molecule has 164 valence electrons. The first-order chi connectivity index (χ1) is 14.5. The zero-order valence-electron chi connectivity index (χ0n) is 19.0. The first-order valence-electron chi connectivity index (χ1n) is 11.3. The third-order valence-corrected chi connectivity index (χ3v) is 6.07. The Hall–Kier alpha value is -2.05. The number of aromatic nitrogens is 1. The molecule has 1 aromatic heterocycles. The lowest BCUT2D eigenvalue weighted by Crippen LogP contribution is -2.21. The zero-order valence-corrected chi connectivity index (χ0v) is 19.0. The summed E-state index contributed by atoms with van der Waals surface area (Å²) in [6, 6.07) is 4.38. The summed E-state index contributed by atoms with van der Waals surface area (Å²) in [6.45, 7) is 12.7. The fourth-order valence-corrected chi connectivity index (χ4v) is 4.73. The number of hydrogen-bond acceptors (Lipinski definition) is 6. The Morgan fingerprint density at radius 3 is 2.57 bits per heavy atom. The van der Waals surface area contributed by atoms with Crippen molar-refractivity contribution in [1.82, 2.24) is 9.88 Å². The summed E-state index contributed by atoms with van der Waals surface area (Å²) in [5.41, 5.74) is 3.27. The largest absolute Gasteiger partial charge is 0.493 e. The predicted molar refractivity (Wildman–Crippen MR) is 121 cm³/mol. The first kappa shape index (κ1) is 21.2. The van der Waals surface area contributed by atoms with Crippen LogP contribution in [-0.4, -0.2) is 49.3 Å². The number of hydrogen-bond donors (Lipinski definition) is 1. The number of likely N-dealkylation sites (tertiary alicyclic amines) is 1. The quantitative estimate of drug-likeness (QED) is 0.609. The Labute approximate surface area is 179 Å². The van der Waals surface area contributed by atoms with E-state index in [4.69, 9.17) is 19.2 Å². The molecular weight excluding hydrogens is 378 g/mol. The van der Waals surface area contributed by atoms with Crippen LogP contribution in [0.2, 0.25) is 0 Å². The highest BCUT2D eigenvalue weighted by atomic mass is 16.5. The van der Waals surface area contributed by atoms with Crippen LogP contribution in [0.3, 0.4) is 0 Å². The van der Waals surface area contributed by atoms with Crippen molar-refractivity contribution in [2.75, 3.05) is 38.7 Å². The molecule has 0 amide bonds. The van der Waals surface area contributed by atoms with Crippen LogP contribution >= 0.6 is 0 Å². The van der Waals surface area contributed by atoms with Gasteiger partial charge in [0.05, 0.1) is 31.4 Å². The standard InChI is InChI=1S/C24H35N3O3/c1-15(2)25-24-23-17(4)30-16(3)22(23)18-13-20(28-5)21(14-19(18)26-24)29-12-8-11-27-9-6-7-10-27/h13-17H,6-12H2,1-5H3,(H,25,26)/t16-,17-/m0/s1. The van der Waals surface area contributed by atoms with Crippen LogP contribution in [0.25, 0.3) is 10.9 Å². The molecule has 0 aliphatic carbocycles. The van der Waals surface area contributed by atoms with Gasteiger partial charge < -0.3 is 24.4 Å². The SMILES string of the molecule is COc1cc2c3c(c(NC(C)C)nc2cc1OCCCN1CCCC1)[C@H](C)O[C@H]3C. The second-order valence-electron chi connectivity index (χ2n) is 8.78. The Morgan fingerprint density at radius 2 is 1.87 bits per heavy atom. The summed E-state index contributed by atoms with van der Waals surface area (Å²) < 4.78 is 18.0. The van der Waals surface area contributed by atoms with E-state index in [0.717, 1.165) is 46.7 Å². The smallest absolute Gasteiger partial charge is 0.163 e. The number of methoxy groups -OCH3 is 1. The van der Waals surface area contributed by atoms with Gasteiger partial charge in [-0.1, -0.05) is 0 Å². The molecule has 1 fully saturated rings. The van der Waals surface area contributed by atoms with E-state index in [1.165, 1.54) is 31.5 Å². The number of fused-ring (bicyclic) bond motifs is 3. The molecule has 2 aliphatic rings. The minimum atomic E-state index is 0.0145. The number of nitrogens with zero attached hydrogens (tertiary/aromatic N) is 2. The van der Waals surface area contributed by atoms with Crippen LogP contribution < -0.4 is 14.8 Å². The van der Waals surface area contributed by atoms with Crippen LogP contribution in [-0.2, 0) is 4.74 Å². The van der Waals surface area contributed by atoms with Gasteiger partial charge in [0, 0.05) is 29.6 Å². The second kappa shape index (κ2) is 8.98. The topological polar surface area (TPSA) is 55.8 Å².